The minimum absolute atomic E-state index is 0.190. The number of para-hydroxylation sites is 1. The van der Waals surface area contributed by atoms with Gasteiger partial charge in [-0.15, -0.1) is 0 Å². The van der Waals surface area contributed by atoms with Gasteiger partial charge < -0.3 is 20.3 Å². The first kappa shape index (κ1) is 19.4. The third-order valence-corrected chi connectivity index (χ3v) is 4.47. The maximum absolute atomic E-state index is 12.7. The average Bonchev–Trinajstić information content (AvgIpc) is 3.03. The number of aromatic nitrogens is 2. The molecule has 0 spiro atoms. The summed E-state index contributed by atoms with van der Waals surface area (Å²) in [5.41, 5.74) is 2.61. The van der Waals surface area contributed by atoms with Crippen LogP contribution >= 0.6 is 0 Å². The first-order chi connectivity index (χ1) is 13.5. The first-order valence-corrected chi connectivity index (χ1v) is 9.09. The number of nitrogens with zero attached hydrogens (tertiary/aromatic N) is 3. The van der Waals surface area contributed by atoms with Crippen LogP contribution in [-0.2, 0) is 29.5 Å². The van der Waals surface area contributed by atoms with Gasteiger partial charge in [0.15, 0.2) is 5.69 Å². The number of ether oxygens (including phenoxy) is 1. The van der Waals surface area contributed by atoms with Crippen molar-refractivity contribution in [3.05, 3.63) is 47.3 Å². The van der Waals surface area contributed by atoms with E-state index in [1.807, 2.05) is 18.2 Å². The highest BCUT2D eigenvalue weighted by Crippen LogP contribution is 2.23. The lowest BCUT2D eigenvalue weighted by molar-refractivity contribution is -0.141. The van der Waals surface area contributed by atoms with Crippen molar-refractivity contribution in [2.75, 3.05) is 25.0 Å². The van der Waals surface area contributed by atoms with Crippen molar-refractivity contribution in [2.45, 2.75) is 19.9 Å². The molecular weight excluding hydrogens is 362 g/mol. The molecule has 0 saturated carbocycles. The minimum atomic E-state index is -0.488. The molecule has 0 bridgehead atoms. The van der Waals surface area contributed by atoms with Gasteiger partial charge in [0.1, 0.15) is 6.54 Å². The summed E-state index contributed by atoms with van der Waals surface area (Å²) in [4.78, 5) is 38.1. The normalized spacial score (nSPS) is 12.9. The van der Waals surface area contributed by atoms with E-state index in [0.717, 1.165) is 5.69 Å². The lowest BCUT2D eigenvalue weighted by atomic mass is 10.0. The number of carbonyl (C=O) groups excluding carboxylic acids is 3. The molecule has 1 aliphatic heterocycles. The van der Waals surface area contributed by atoms with E-state index >= 15 is 0 Å². The van der Waals surface area contributed by atoms with E-state index in [1.165, 1.54) is 0 Å². The molecule has 2 N–H and O–H groups in total. The monoisotopic (exact) mass is 385 g/mol. The molecule has 28 heavy (non-hydrogen) atoms. The van der Waals surface area contributed by atoms with Crippen molar-refractivity contribution >= 4 is 23.6 Å². The summed E-state index contributed by atoms with van der Waals surface area (Å²) in [7, 11) is 1.79. The molecule has 9 heteroatoms. The molecule has 3 rings (SSSR count). The molecule has 0 aliphatic carbocycles. The van der Waals surface area contributed by atoms with E-state index in [2.05, 4.69) is 15.7 Å². The number of anilines is 1. The topological polar surface area (TPSA) is 106 Å². The van der Waals surface area contributed by atoms with Gasteiger partial charge in [0.05, 0.1) is 13.2 Å². The van der Waals surface area contributed by atoms with Crippen molar-refractivity contribution in [3.63, 3.8) is 0 Å². The van der Waals surface area contributed by atoms with E-state index in [0.29, 0.717) is 29.9 Å². The number of amides is 3. The van der Waals surface area contributed by atoms with E-state index in [1.54, 1.807) is 35.7 Å². The summed E-state index contributed by atoms with van der Waals surface area (Å²) in [6.07, 6.45) is 0.574. The zero-order valence-electron chi connectivity index (χ0n) is 15.9. The van der Waals surface area contributed by atoms with E-state index in [-0.39, 0.29) is 31.6 Å². The first-order valence-electron chi connectivity index (χ1n) is 9.09. The van der Waals surface area contributed by atoms with Gasteiger partial charge in [-0.05, 0) is 19.1 Å². The van der Waals surface area contributed by atoms with E-state index < -0.39 is 5.97 Å². The molecule has 0 atom stereocenters. The van der Waals surface area contributed by atoms with Crippen LogP contribution in [0.25, 0.3) is 0 Å². The predicted octanol–water partition coefficient (Wildman–Crippen LogP) is 1.30. The SMILES string of the molecule is CCOC(=O)CNC(=O)N1CCc2c(c(C(=O)Nc3ccccc3)nn2C)C1. The van der Waals surface area contributed by atoms with Gasteiger partial charge in [-0.1, -0.05) is 18.2 Å². The molecule has 0 fully saturated rings. The van der Waals surface area contributed by atoms with Gasteiger partial charge in [-0.2, -0.15) is 5.10 Å². The standard InChI is InChI=1S/C19H23N5O4/c1-3-28-16(25)11-20-19(27)24-10-9-15-14(12-24)17(22-23(15)2)18(26)21-13-7-5-4-6-8-13/h4-8H,3,9-12H2,1-2H3,(H,20,27)(H,21,26). The molecule has 2 heterocycles. The molecule has 1 aliphatic rings. The highest BCUT2D eigenvalue weighted by molar-refractivity contribution is 6.04. The zero-order valence-corrected chi connectivity index (χ0v) is 15.9. The molecule has 2 aromatic rings. The molecule has 0 radical (unpaired) electrons. The molecule has 1 aromatic carbocycles. The Labute approximate surface area is 162 Å². The van der Waals surface area contributed by atoms with Crippen LogP contribution in [-0.4, -0.2) is 52.3 Å². The lowest BCUT2D eigenvalue weighted by Crippen LogP contribution is -2.45. The number of urea groups is 1. The maximum atomic E-state index is 12.7. The van der Waals surface area contributed by atoms with Crippen LogP contribution in [0.15, 0.2) is 30.3 Å². The number of fused-ring (bicyclic) bond motifs is 1. The fourth-order valence-corrected chi connectivity index (χ4v) is 3.13. The molecular formula is C19H23N5O4. The molecule has 1 aromatic heterocycles. The highest BCUT2D eigenvalue weighted by atomic mass is 16.5. The molecule has 0 saturated heterocycles. The van der Waals surface area contributed by atoms with E-state index in [4.69, 9.17) is 4.74 Å². The van der Waals surface area contributed by atoms with Gasteiger partial charge >= 0.3 is 12.0 Å². The van der Waals surface area contributed by atoms with Crippen molar-refractivity contribution in [3.8, 4) is 0 Å². The zero-order chi connectivity index (χ0) is 20.1. The van der Waals surface area contributed by atoms with Crippen LogP contribution in [0.2, 0.25) is 0 Å². The van der Waals surface area contributed by atoms with Gasteiger partial charge in [0.25, 0.3) is 5.91 Å². The fourth-order valence-electron chi connectivity index (χ4n) is 3.13. The second-order valence-corrected chi connectivity index (χ2v) is 6.35. The highest BCUT2D eigenvalue weighted by Gasteiger charge is 2.29. The van der Waals surface area contributed by atoms with Gasteiger partial charge in [0.2, 0.25) is 0 Å². The smallest absolute Gasteiger partial charge is 0.325 e. The van der Waals surface area contributed by atoms with Crippen molar-refractivity contribution < 1.29 is 19.1 Å². The molecule has 0 unspecified atom stereocenters. The minimum Gasteiger partial charge on any atom is -0.465 e. The Balaban J connectivity index is 1.70. The van der Waals surface area contributed by atoms with Crippen LogP contribution in [0, 0.1) is 0 Å². The van der Waals surface area contributed by atoms with Crippen LogP contribution in [0.4, 0.5) is 10.5 Å². The van der Waals surface area contributed by atoms with Crippen LogP contribution in [0.5, 0.6) is 0 Å². The number of rotatable bonds is 5. The Hall–Kier alpha value is -3.36. The van der Waals surface area contributed by atoms with Crippen LogP contribution in [0.3, 0.4) is 0 Å². The van der Waals surface area contributed by atoms with Gasteiger partial charge in [-0.3, -0.25) is 14.3 Å². The third-order valence-electron chi connectivity index (χ3n) is 4.47. The second-order valence-electron chi connectivity index (χ2n) is 6.35. The third kappa shape index (κ3) is 4.30. The summed E-state index contributed by atoms with van der Waals surface area (Å²) >= 11 is 0. The number of nitrogens with one attached hydrogen (secondary N) is 2. The van der Waals surface area contributed by atoms with E-state index in [9.17, 15) is 14.4 Å². The number of carbonyl (C=O) groups is 3. The lowest BCUT2D eigenvalue weighted by Gasteiger charge is -2.27. The summed E-state index contributed by atoms with van der Waals surface area (Å²) < 4.78 is 6.49. The Morgan fingerprint density at radius 2 is 1.96 bits per heavy atom. The number of esters is 1. The summed E-state index contributed by atoms with van der Waals surface area (Å²) in [6, 6.07) is 8.74. The van der Waals surface area contributed by atoms with Crippen molar-refractivity contribution in [1.29, 1.82) is 0 Å². The Morgan fingerprint density at radius 3 is 2.68 bits per heavy atom. The second kappa shape index (κ2) is 8.55. The summed E-state index contributed by atoms with van der Waals surface area (Å²) in [5.74, 6) is -0.810. The molecule has 9 nitrogen and oxygen atoms in total. The number of hydrogen-bond acceptors (Lipinski definition) is 5. The van der Waals surface area contributed by atoms with Crippen molar-refractivity contribution in [1.82, 2.24) is 20.0 Å². The number of benzene rings is 1. The predicted molar refractivity (Wildman–Crippen MR) is 102 cm³/mol. The van der Waals surface area contributed by atoms with Gasteiger partial charge in [0, 0.05) is 37.0 Å². The summed E-state index contributed by atoms with van der Waals surface area (Å²) in [5, 5.41) is 9.73. The Bertz CT molecular complexity index is 878. The Morgan fingerprint density at radius 1 is 1.21 bits per heavy atom. The number of aryl methyl sites for hydroxylation is 1. The molecule has 148 valence electrons. The Kier molecular flexibility index (Phi) is 5.93. The van der Waals surface area contributed by atoms with Gasteiger partial charge in [-0.25, -0.2) is 4.79 Å². The fraction of sp³-hybridized carbons (Fsp3) is 0.368. The average molecular weight is 385 g/mol. The maximum Gasteiger partial charge on any atom is 0.325 e. The van der Waals surface area contributed by atoms with Crippen LogP contribution < -0.4 is 10.6 Å². The molecule has 3 amide bonds. The number of hydrogen-bond donors (Lipinski definition) is 2. The van der Waals surface area contributed by atoms with Crippen LogP contribution in [0.1, 0.15) is 28.7 Å². The summed E-state index contributed by atoms with van der Waals surface area (Å²) in [6.45, 7) is 2.49. The van der Waals surface area contributed by atoms with Crippen molar-refractivity contribution in [2.24, 2.45) is 7.05 Å². The largest absolute Gasteiger partial charge is 0.465 e. The quantitative estimate of drug-likeness (QED) is 0.755.